The van der Waals surface area contributed by atoms with Gasteiger partial charge in [0.05, 0.1) is 32.0 Å². The van der Waals surface area contributed by atoms with Gasteiger partial charge in [0.2, 0.25) is 6.79 Å². The molecule has 20 heavy (non-hydrogen) atoms. The van der Waals surface area contributed by atoms with E-state index < -0.39 is 0 Å². The second-order valence-electron chi connectivity index (χ2n) is 4.95. The molecule has 0 saturated carbocycles. The van der Waals surface area contributed by atoms with Gasteiger partial charge in [0.25, 0.3) is 0 Å². The van der Waals surface area contributed by atoms with Crippen molar-refractivity contribution in [2.45, 2.75) is 26.0 Å². The lowest BCUT2D eigenvalue weighted by Gasteiger charge is -2.17. The highest BCUT2D eigenvalue weighted by Crippen LogP contribution is 2.34. The van der Waals surface area contributed by atoms with Gasteiger partial charge in [-0.2, -0.15) is 0 Å². The molecule has 2 rings (SSSR count). The highest BCUT2D eigenvalue weighted by molar-refractivity contribution is 5.45. The molecule has 1 unspecified atom stereocenters. The van der Waals surface area contributed by atoms with Crippen molar-refractivity contribution in [2.75, 3.05) is 33.7 Å². The molecular weight excluding hydrogens is 258 g/mol. The van der Waals surface area contributed by atoms with Gasteiger partial charge in [0, 0.05) is 0 Å². The Kier molecular flexibility index (Phi) is 5.64. The number of nitrogens with one attached hydrogen (secondary N) is 1. The summed E-state index contributed by atoms with van der Waals surface area (Å²) < 4.78 is 21.8. The van der Waals surface area contributed by atoms with Crippen LogP contribution in [0.2, 0.25) is 0 Å². The van der Waals surface area contributed by atoms with Crippen molar-refractivity contribution in [1.29, 1.82) is 0 Å². The summed E-state index contributed by atoms with van der Waals surface area (Å²) in [5.74, 6) is 1.60. The molecule has 0 saturated heterocycles. The summed E-state index contributed by atoms with van der Waals surface area (Å²) in [7, 11) is 1.92. The fourth-order valence-electron chi connectivity index (χ4n) is 2.02. The van der Waals surface area contributed by atoms with Gasteiger partial charge in [-0.15, -0.1) is 0 Å². The molecule has 0 bridgehead atoms. The Morgan fingerprint density at radius 3 is 2.75 bits per heavy atom. The van der Waals surface area contributed by atoms with E-state index in [9.17, 15) is 0 Å². The zero-order chi connectivity index (χ0) is 14.4. The van der Waals surface area contributed by atoms with Crippen molar-refractivity contribution in [3.8, 4) is 11.5 Å². The SMILES string of the molecule is CNC(COCCOC(C)C)c1ccc2c(c1)OCO2. The second kappa shape index (κ2) is 7.47. The first-order valence-electron chi connectivity index (χ1n) is 6.97. The van der Waals surface area contributed by atoms with Gasteiger partial charge in [0.1, 0.15) is 0 Å². The predicted octanol–water partition coefficient (Wildman–Crippen LogP) is 2.12. The number of fused-ring (bicyclic) bond motifs is 1. The van der Waals surface area contributed by atoms with Crippen LogP contribution >= 0.6 is 0 Å². The van der Waals surface area contributed by atoms with E-state index in [-0.39, 0.29) is 12.1 Å². The Hall–Kier alpha value is -1.30. The van der Waals surface area contributed by atoms with Gasteiger partial charge < -0.3 is 24.3 Å². The van der Waals surface area contributed by atoms with E-state index in [4.69, 9.17) is 18.9 Å². The first-order chi connectivity index (χ1) is 9.70. The van der Waals surface area contributed by atoms with Crippen molar-refractivity contribution >= 4 is 0 Å². The van der Waals surface area contributed by atoms with Crippen LogP contribution in [0.25, 0.3) is 0 Å². The topological polar surface area (TPSA) is 49.0 Å². The van der Waals surface area contributed by atoms with Crippen LogP contribution in [0.4, 0.5) is 0 Å². The van der Waals surface area contributed by atoms with Crippen molar-refractivity contribution in [3.63, 3.8) is 0 Å². The molecule has 5 heteroatoms. The van der Waals surface area contributed by atoms with Gasteiger partial charge in [-0.3, -0.25) is 0 Å². The lowest BCUT2D eigenvalue weighted by molar-refractivity contribution is 0.0142. The van der Waals surface area contributed by atoms with Crippen LogP contribution in [-0.2, 0) is 9.47 Å². The van der Waals surface area contributed by atoms with Crippen LogP contribution in [0.5, 0.6) is 11.5 Å². The van der Waals surface area contributed by atoms with E-state index >= 15 is 0 Å². The van der Waals surface area contributed by atoms with Gasteiger partial charge in [0.15, 0.2) is 11.5 Å². The largest absolute Gasteiger partial charge is 0.454 e. The van der Waals surface area contributed by atoms with E-state index in [1.165, 1.54) is 0 Å². The quantitative estimate of drug-likeness (QED) is 0.740. The minimum Gasteiger partial charge on any atom is -0.454 e. The summed E-state index contributed by atoms with van der Waals surface area (Å²) in [6.45, 7) is 6.14. The molecule has 0 amide bonds. The lowest BCUT2D eigenvalue weighted by atomic mass is 10.1. The van der Waals surface area contributed by atoms with Crippen molar-refractivity contribution in [3.05, 3.63) is 23.8 Å². The predicted molar refractivity (Wildman–Crippen MR) is 76.3 cm³/mol. The molecule has 1 aromatic rings. The number of hydrogen-bond donors (Lipinski definition) is 1. The number of benzene rings is 1. The first kappa shape index (κ1) is 15.1. The number of rotatable bonds is 8. The average molecular weight is 281 g/mol. The maximum atomic E-state index is 5.65. The van der Waals surface area contributed by atoms with E-state index in [2.05, 4.69) is 5.32 Å². The van der Waals surface area contributed by atoms with E-state index in [1.807, 2.05) is 39.1 Å². The minimum absolute atomic E-state index is 0.128. The third kappa shape index (κ3) is 4.10. The molecular formula is C15H23NO4. The first-order valence-corrected chi connectivity index (χ1v) is 6.97. The van der Waals surface area contributed by atoms with Crippen molar-refractivity contribution in [1.82, 2.24) is 5.32 Å². The van der Waals surface area contributed by atoms with Crippen LogP contribution in [0.3, 0.4) is 0 Å². The minimum atomic E-state index is 0.128. The summed E-state index contributed by atoms with van der Waals surface area (Å²) >= 11 is 0. The molecule has 0 aromatic heterocycles. The summed E-state index contributed by atoms with van der Waals surface area (Å²) in [5, 5.41) is 3.25. The fraction of sp³-hybridized carbons (Fsp3) is 0.600. The van der Waals surface area contributed by atoms with E-state index in [0.29, 0.717) is 26.6 Å². The van der Waals surface area contributed by atoms with Crippen LogP contribution in [-0.4, -0.2) is 39.8 Å². The number of hydrogen-bond acceptors (Lipinski definition) is 5. The summed E-state index contributed by atoms with van der Waals surface area (Å²) in [5.41, 5.74) is 1.13. The Morgan fingerprint density at radius 1 is 1.20 bits per heavy atom. The highest BCUT2D eigenvalue weighted by Gasteiger charge is 2.17. The molecule has 1 aliphatic rings. The van der Waals surface area contributed by atoms with Crippen LogP contribution in [0.15, 0.2) is 18.2 Å². The smallest absolute Gasteiger partial charge is 0.231 e. The molecule has 1 N–H and O–H groups in total. The van der Waals surface area contributed by atoms with Gasteiger partial charge in [-0.1, -0.05) is 6.07 Å². The summed E-state index contributed by atoms with van der Waals surface area (Å²) in [6.07, 6.45) is 0.243. The number of ether oxygens (including phenoxy) is 4. The molecule has 112 valence electrons. The third-order valence-electron chi connectivity index (χ3n) is 3.11. The zero-order valence-corrected chi connectivity index (χ0v) is 12.3. The van der Waals surface area contributed by atoms with Crippen molar-refractivity contribution < 1.29 is 18.9 Å². The van der Waals surface area contributed by atoms with Crippen LogP contribution < -0.4 is 14.8 Å². The molecule has 0 fully saturated rings. The Labute approximate surface area is 120 Å². The third-order valence-corrected chi connectivity index (χ3v) is 3.11. The molecule has 0 radical (unpaired) electrons. The molecule has 1 atom stereocenters. The molecule has 1 aromatic carbocycles. The van der Waals surface area contributed by atoms with E-state index in [1.54, 1.807) is 0 Å². The zero-order valence-electron chi connectivity index (χ0n) is 12.3. The maximum Gasteiger partial charge on any atom is 0.231 e. The monoisotopic (exact) mass is 281 g/mol. The standard InChI is InChI=1S/C15H23NO4/c1-11(2)18-7-6-17-9-13(16-3)12-4-5-14-15(8-12)20-10-19-14/h4-5,8,11,13,16H,6-7,9-10H2,1-3H3. The van der Waals surface area contributed by atoms with Crippen LogP contribution in [0.1, 0.15) is 25.5 Å². The van der Waals surface area contributed by atoms with Gasteiger partial charge >= 0.3 is 0 Å². The second-order valence-corrected chi connectivity index (χ2v) is 4.95. The average Bonchev–Trinajstić information content (AvgIpc) is 2.89. The van der Waals surface area contributed by atoms with Gasteiger partial charge in [-0.05, 0) is 38.6 Å². The van der Waals surface area contributed by atoms with E-state index in [0.717, 1.165) is 17.1 Å². The lowest BCUT2D eigenvalue weighted by Crippen LogP contribution is -2.23. The molecule has 5 nitrogen and oxygen atoms in total. The normalized spacial score (nSPS) is 14.8. The Balaban J connectivity index is 1.82. The summed E-state index contributed by atoms with van der Waals surface area (Å²) in [4.78, 5) is 0. The fourth-order valence-corrected chi connectivity index (χ4v) is 2.02. The van der Waals surface area contributed by atoms with Crippen LogP contribution in [0, 0.1) is 0 Å². The molecule has 1 heterocycles. The molecule has 1 aliphatic heterocycles. The summed E-state index contributed by atoms with van der Waals surface area (Å²) in [6, 6.07) is 6.09. The Morgan fingerprint density at radius 2 is 2.00 bits per heavy atom. The number of likely N-dealkylation sites (N-methyl/N-ethyl adjacent to an activating group) is 1. The van der Waals surface area contributed by atoms with Gasteiger partial charge in [-0.25, -0.2) is 0 Å². The maximum absolute atomic E-state index is 5.65. The van der Waals surface area contributed by atoms with Crippen molar-refractivity contribution in [2.24, 2.45) is 0 Å². The Bertz CT molecular complexity index is 422. The molecule has 0 spiro atoms. The molecule has 0 aliphatic carbocycles. The highest BCUT2D eigenvalue weighted by atomic mass is 16.7.